The number of hydrogen-bond acceptors (Lipinski definition) is 5. The summed E-state index contributed by atoms with van der Waals surface area (Å²) in [6.45, 7) is 8.06. The van der Waals surface area contributed by atoms with Crippen molar-refractivity contribution in [3.05, 3.63) is 81.5 Å². The fourth-order valence-electron chi connectivity index (χ4n) is 4.12. The van der Waals surface area contributed by atoms with Crippen LogP contribution in [0.1, 0.15) is 68.6 Å². The van der Waals surface area contributed by atoms with Gasteiger partial charge in [0.15, 0.2) is 5.60 Å². The summed E-state index contributed by atoms with van der Waals surface area (Å²) in [6, 6.07) is 16.3. The Hall–Kier alpha value is -3.35. The molecule has 1 heterocycles. The lowest BCUT2D eigenvalue weighted by Gasteiger charge is -2.24. The van der Waals surface area contributed by atoms with Gasteiger partial charge in [0.2, 0.25) is 0 Å². The molecule has 0 amide bonds. The molecule has 1 fully saturated rings. The largest absolute Gasteiger partial charge is 0.476 e. The van der Waals surface area contributed by atoms with Crippen molar-refractivity contribution in [2.75, 3.05) is 6.61 Å². The molecule has 0 atom stereocenters. The summed E-state index contributed by atoms with van der Waals surface area (Å²) in [5.41, 5.74) is 2.41. The van der Waals surface area contributed by atoms with Gasteiger partial charge >= 0.3 is 11.7 Å². The zero-order valence-electron chi connectivity index (χ0n) is 21.1. The molecule has 7 heteroatoms. The SMILES string of the molecule is CCOC(=O)C(C)(C)Oc1ccc(CCCc2nn(Cc3ccc(C)cc3)c(=O)n2C2CC2)cc1. The molecular formula is C28H35N3O4. The van der Waals surface area contributed by atoms with Gasteiger partial charge in [-0.2, -0.15) is 5.10 Å². The highest BCUT2D eigenvalue weighted by Gasteiger charge is 2.32. The summed E-state index contributed by atoms with van der Waals surface area (Å²) in [6.07, 6.45) is 4.60. The van der Waals surface area contributed by atoms with E-state index in [4.69, 9.17) is 14.6 Å². The number of rotatable bonds is 11. The third-order valence-electron chi connectivity index (χ3n) is 6.24. The Morgan fingerprint density at radius 3 is 2.31 bits per heavy atom. The topological polar surface area (TPSA) is 75.3 Å². The van der Waals surface area contributed by atoms with Crippen molar-refractivity contribution < 1.29 is 14.3 Å². The highest BCUT2D eigenvalue weighted by Crippen LogP contribution is 2.34. The van der Waals surface area contributed by atoms with Gasteiger partial charge in [0.05, 0.1) is 13.2 Å². The van der Waals surface area contributed by atoms with Gasteiger partial charge in [-0.25, -0.2) is 14.3 Å². The number of benzene rings is 2. The second kappa shape index (κ2) is 10.5. The first-order valence-corrected chi connectivity index (χ1v) is 12.5. The van der Waals surface area contributed by atoms with Crippen LogP contribution in [0.15, 0.2) is 53.3 Å². The van der Waals surface area contributed by atoms with Gasteiger partial charge in [-0.15, -0.1) is 0 Å². The van der Waals surface area contributed by atoms with Crippen molar-refractivity contribution in [2.45, 2.75) is 78.0 Å². The van der Waals surface area contributed by atoms with Gasteiger partial charge < -0.3 is 9.47 Å². The van der Waals surface area contributed by atoms with Crippen LogP contribution in [0.4, 0.5) is 0 Å². The average molecular weight is 478 g/mol. The minimum absolute atomic E-state index is 0.00575. The molecule has 0 radical (unpaired) electrons. The normalized spacial score (nSPS) is 13.6. The van der Waals surface area contributed by atoms with E-state index >= 15 is 0 Å². The number of carbonyl (C=O) groups is 1. The summed E-state index contributed by atoms with van der Waals surface area (Å²) in [4.78, 5) is 25.1. The molecule has 186 valence electrons. The summed E-state index contributed by atoms with van der Waals surface area (Å²) < 4.78 is 14.4. The molecule has 3 aromatic rings. The minimum atomic E-state index is -1.04. The van der Waals surface area contributed by atoms with Crippen LogP contribution in [-0.2, 0) is 28.9 Å². The number of aromatic nitrogens is 3. The Morgan fingerprint density at radius 1 is 1.03 bits per heavy atom. The van der Waals surface area contributed by atoms with Crippen molar-refractivity contribution in [2.24, 2.45) is 0 Å². The van der Waals surface area contributed by atoms with Crippen LogP contribution >= 0.6 is 0 Å². The molecule has 35 heavy (non-hydrogen) atoms. The Balaban J connectivity index is 1.37. The molecule has 1 aliphatic carbocycles. The molecule has 0 spiro atoms. The Labute approximate surface area is 206 Å². The van der Waals surface area contributed by atoms with Crippen molar-refractivity contribution in [3.63, 3.8) is 0 Å². The number of ether oxygens (including phenoxy) is 2. The second-order valence-corrected chi connectivity index (χ2v) is 9.77. The van der Waals surface area contributed by atoms with E-state index in [1.807, 2.05) is 28.8 Å². The van der Waals surface area contributed by atoms with Crippen LogP contribution < -0.4 is 10.4 Å². The standard InChI is InChI=1S/C28H35N3O4/c1-5-34-26(32)28(3,4)35-24-17-13-21(14-18-24)7-6-8-25-29-30(27(33)31(25)23-15-16-23)19-22-11-9-20(2)10-12-22/h9-14,17-18,23H,5-8,15-16,19H2,1-4H3. The Bertz CT molecular complexity index is 1200. The maximum Gasteiger partial charge on any atom is 0.349 e. The monoisotopic (exact) mass is 477 g/mol. The lowest BCUT2D eigenvalue weighted by molar-refractivity contribution is -0.158. The lowest BCUT2D eigenvalue weighted by Crippen LogP contribution is -2.39. The molecule has 0 bridgehead atoms. The number of aryl methyl sites for hydroxylation is 3. The van der Waals surface area contributed by atoms with Gasteiger partial charge in [-0.3, -0.25) is 4.57 Å². The Kier molecular flexibility index (Phi) is 7.43. The first-order valence-electron chi connectivity index (χ1n) is 12.5. The minimum Gasteiger partial charge on any atom is -0.476 e. The lowest BCUT2D eigenvalue weighted by atomic mass is 10.1. The quantitative estimate of drug-likeness (QED) is 0.376. The zero-order valence-corrected chi connectivity index (χ0v) is 21.1. The maximum atomic E-state index is 13.0. The van der Waals surface area contributed by atoms with Crippen molar-refractivity contribution in [3.8, 4) is 5.75 Å². The molecule has 0 N–H and O–H groups in total. The highest BCUT2D eigenvalue weighted by molar-refractivity contribution is 5.79. The molecule has 1 saturated carbocycles. The summed E-state index contributed by atoms with van der Waals surface area (Å²) in [5.74, 6) is 1.12. The van der Waals surface area contributed by atoms with Gasteiger partial charge in [0, 0.05) is 12.5 Å². The predicted octanol–water partition coefficient (Wildman–Crippen LogP) is 4.63. The van der Waals surface area contributed by atoms with Crippen molar-refractivity contribution in [1.82, 2.24) is 14.3 Å². The van der Waals surface area contributed by atoms with E-state index in [1.165, 1.54) is 11.1 Å². The molecule has 1 aromatic heterocycles. The van der Waals surface area contributed by atoms with Crippen LogP contribution in [0.25, 0.3) is 0 Å². The first kappa shape index (κ1) is 24.8. The van der Waals surface area contributed by atoms with Crippen LogP contribution in [-0.4, -0.2) is 32.5 Å². The molecule has 2 aromatic carbocycles. The van der Waals surface area contributed by atoms with E-state index < -0.39 is 5.60 Å². The third-order valence-corrected chi connectivity index (χ3v) is 6.24. The first-order chi connectivity index (χ1) is 16.8. The van der Waals surface area contributed by atoms with Crippen molar-refractivity contribution in [1.29, 1.82) is 0 Å². The molecule has 0 aliphatic heterocycles. The van der Waals surface area contributed by atoms with E-state index in [2.05, 4.69) is 31.2 Å². The number of carbonyl (C=O) groups excluding carboxylic acids is 1. The van der Waals surface area contributed by atoms with Crippen molar-refractivity contribution >= 4 is 5.97 Å². The van der Waals surface area contributed by atoms with Gasteiger partial charge in [-0.05, 0) is 76.6 Å². The maximum absolute atomic E-state index is 13.0. The van der Waals surface area contributed by atoms with Crippen LogP contribution in [0.3, 0.4) is 0 Å². The molecule has 1 aliphatic rings. The van der Waals surface area contributed by atoms with E-state index in [0.29, 0.717) is 24.9 Å². The number of hydrogen-bond donors (Lipinski definition) is 0. The number of nitrogens with zero attached hydrogens (tertiary/aromatic N) is 3. The fraction of sp³-hybridized carbons (Fsp3) is 0.464. The van der Waals surface area contributed by atoms with E-state index in [9.17, 15) is 9.59 Å². The molecular weight excluding hydrogens is 442 g/mol. The van der Waals surface area contributed by atoms with E-state index in [0.717, 1.165) is 43.5 Å². The van der Waals surface area contributed by atoms with Crippen LogP contribution in [0, 0.1) is 6.92 Å². The van der Waals surface area contributed by atoms with E-state index in [1.54, 1.807) is 25.5 Å². The van der Waals surface area contributed by atoms with Gasteiger partial charge in [0.1, 0.15) is 11.6 Å². The van der Waals surface area contributed by atoms with Crippen LogP contribution in [0.2, 0.25) is 0 Å². The highest BCUT2D eigenvalue weighted by atomic mass is 16.6. The fourth-order valence-corrected chi connectivity index (χ4v) is 4.12. The molecule has 4 rings (SSSR count). The van der Waals surface area contributed by atoms with E-state index in [-0.39, 0.29) is 11.7 Å². The van der Waals surface area contributed by atoms with Crippen LogP contribution in [0.5, 0.6) is 5.75 Å². The van der Waals surface area contributed by atoms with Gasteiger partial charge in [0.25, 0.3) is 0 Å². The summed E-state index contributed by atoms with van der Waals surface area (Å²) >= 11 is 0. The zero-order chi connectivity index (χ0) is 25.0. The third kappa shape index (κ3) is 6.21. The Morgan fingerprint density at radius 2 is 1.69 bits per heavy atom. The molecule has 0 unspecified atom stereocenters. The second-order valence-electron chi connectivity index (χ2n) is 9.77. The number of esters is 1. The molecule has 7 nitrogen and oxygen atoms in total. The average Bonchev–Trinajstić information content (AvgIpc) is 3.61. The predicted molar refractivity (Wildman–Crippen MR) is 135 cm³/mol. The smallest absolute Gasteiger partial charge is 0.349 e. The van der Waals surface area contributed by atoms with Gasteiger partial charge in [-0.1, -0.05) is 42.0 Å². The summed E-state index contributed by atoms with van der Waals surface area (Å²) in [7, 11) is 0. The molecule has 0 saturated heterocycles. The summed E-state index contributed by atoms with van der Waals surface area (Å²) in [5, 5.41) is 4.71.